The number of carbonyl (C=O) groups excluding carboxylic acids is 3. The minimum absolute atomic E-state index is 0.237. The van der Waals surface area contributed by atoms with Gasteiger partial charge in [-0.15, -0.1) is 5.92 Å². The predicted octanol–water partition coefficient (Wildman–Crippen LogP) is 3.45. The topological polar surface area (TPSA) is 63.2 Å². The molecule has 0 saturated carbocycles. The number of nitrogens with one attached hydrogen (secondary N) is 1. The van der Waals surface area contributed by atoms with E-state index in [-0.39, 0.29) is 6.42 Å². The van der Waals surface area contributed by atoms with Crippen LogP contribution in [0.2, 0.25) is 0 Å². The molecule has 0 unspecified atom stereocenters. The van der Waals surface area contributed by atoms with Crippen LogP contribution in [-0.2, 0) is 14.4 Å². The highest BCUT2D eigenvalue weighted by molar-refractivity contribution is 8.28. The van der Waals surface area contributed by atoms with Gasteiger partial charge in [-0.1, -0.05) is 62.7 Å². The second kappa shape index (κ2) is 17.7. The molecular formula is C21H27NO3S. The largest absolute Gasteiger partial charge is 0.349 e. The van der Waals surface area contributed by atoms with E-state index in [1.807, 2.05) is 0 Å². The molecule has 0 aromatic rings. The van der Waals surface area contributed by atoms with Crippen molar-refractivity contribution in [2.24, 2.45) is 0 Å². The molecule has 0 saturated heterocycles. The van der Waals surface area contributed by atoms with Gasteiger partial charge >= 0.3 is 0 Å². The molecule has 0 heterocycles. The van der Waals surface area contributed by atoms with Crippen molar-refractivity contribution in [1.29, 1.82) is 0 Å². The first kappa shape index (κ1) is 23.8. The monoisotopic (exact) mass is 373 g/mol. The lowest BCUT2D eigenvalue weighted by Crippen LogP contribution is -2.29. The SMILES string of the molecule is CCCCCCCCC#CCC#CCC#CC(=O)SC(=O)C(=O)NCC. The number of carbonyl (C=O) groups is 3. The lowest BCUT2D eigenvalue weighted by atomic mass is 10.1. The molecule has 0 aromatic heterocycles. The third-order valence-electron chi connectivity index (χ3n) is 3.16. The van der Waals surface area contributed by atoms with Crippen LogP contribution in [0.15, 0.2) is 0 Å². The van der Waals surface area contributed by atoms with Crippen molar-refractivity contribution >= 4 is 27.9 Å². The molecule has 140 valence electrons. The van der Waals surface area contributed by atoms with Crippen LogP contribution >= 0.6 is 11.8 Å². The third kappa shape index (κ3) is 15.4. The highest BCUT2D eigenvalue weighted by Gasteiger charge is 2.16. The molecular weight excluding hydrogens is 346 g/mol. The molecule has 1 amide bonds. The molecule has 0 spiro atoms. The zero-order chi connectivity index (χ0) is 19.5. The first-order chi connectivity index (χ1) is 12.6. The number of rotatable bonds is 7. The van der Waals surface area contributed by atoms with Crippen LogP contribution in [0.3, 0.4) is 0 Å². The molecule has 26 heavy (non-hydrogen) atoms. The van der Waals surface area contributed by atoms with Crippen LogP contribution in [0.4, 0.5) is 0 Å². The number of likely N-dealkylation sites (N-methyl/N-ethyl adjacent to an activating group) is 1. The molecule has 5 heteroatoms. The highest BCUT2D eigenvalue weighted by atomic mass is 32.2. The molecule has 0 aliphatic rings. The maximum Gasteiger partial charge on any atom is 0.299 e. The first-order valence-corrected chi connectivity index (χ1v) is 9.87. The zero-order valence-corrected chi connectivity index (χ0v) is 16.5. The van der Waals surface area contributed by atoms with E-state index in [1.165, 1.54) is 32.1 Å². The average molecular weight is 374 g/mol. The van der Waals surface area contributed by atoms with Crippen molar-refractivity contribution in [2.45, 2.75) is 71.6 Å². The van der Waals surface area contributed by atoms with Gasteiger partial charge in [-0.05, 0) is 19.3 Å². The zero-order valence-electron chi connectivity index (χ0n) is 15.7. The Morgan fingerprint density at radius 3 is 2.12 bits per heavy atom. The van der Waals surface area contributed by atoms with Gasteiger partial charge in [0.2, 0.25) is 0 Å². The van der Waals surface area contributed by atoms with E-state index in [0.717, 1.165) is 12.8 Å². The molecule has 0 fully saturated rings. The van der Waals surface area contributed by atoms with E-state index in [2.05, 4.69) is 47.8 Å². The molecule has 0 aromatic carbocycles. The maximum atomic E-state index is 11.4. The third-order valence-corrected chi connectivity index (χ3v) is 3.82. The van der Waals surface area contributed by atoms with E-state index in [9.17, 15) is 14.4 Å². The van der Waals surface area contributed by atoms with E-state index in [0.29, 0.717) is 24.7 Å². The lowest BCUT2D eigenvalue weighted by Gasteiger charge is -1.96. The first-order valence-electron chi connectivity index (χ1n) is 9.06. The Labute approximate surface area is 161 Å². The average Bonchev–Trinajstić information content (AvgIpc) is 2.62. The Morgan fingerprint density at radius 2 is 1.42 bits per heavy atom. The standard InChI is InChI=1S/C21H27NO3S/c1-3-5-6-7-8-9-10-11-12-13-14-15-16-17-18-19(23)26-21(25)20(24)22-4-2/h3-10,13,16H2,1-2H3,(H,22,24). The Bertz CT molecular complexity index is 635. The van der Waals surface area contributed by atoms with Gasteiger partial charge in [0.25, 0.3) is 16.1 Å². The summed E-state index contributed by atoms with van der Waals surface area (Å²) >= 11 is 0.299. The van der Waals surface area contributed by atoms with E-state index in [4.69, 9.17) is 0 Å². The molecule has 0 radical (unpaired) electrons. The van der Waals surface area contributed by atoms with E-state index in [1.54, 1.807) is 6.92 Å². The Balaban J connectivity index is 3.83. The predicted molar refractivity (Wildman–Crippen MR) is 107 cm³/mol. The second-order valence-electron chi connectivity index (χ2n) is 5.42. The van der Waals surface area contributed by atoms with Crippen molar-refractivity contribution in [1.82, 2.24) is 5.32 Å². The molecule has 4 nitrogen and oxygen atoms in total. The van der Waals surface area contributed by atoms with Crippen molar-refractivity contribution in [3.8, 4) is 35.5 Å². The second-order valence-corrected chi connectivity index (χ2v) is 6.36. The number of hydrogen-bond acceptors (Lipinski definition) is 4. The molecule has 0 aliphatic heterocycles. The minimum atomic E-state index is -0.849. The highest BCUT2D eigenvalue weighted by Crippen LogP contribution is 2.06. The van der Waals surface area contributed by atoms with Gasteiger partial charge in [0, 0.05) is 24.7 Å². The van der Waals surface area contributed by atoms with Crippen LogP contribution in [-0.4, -0.2) is 22.7 Å². The fraction of sp³-hybridized carbons (Fsp3) is 0.571. The molecule has 0 bridgehead atoms. The van der Waals surface area contributed by atoms with Gasteiger partial charge in [0.1, 0.15) is 0 Å². The molecule has 1 N–H and O–H groups in total. The van der Waals surface area contributed by atoms with Crippen molar-refractivity contribution < 1.29 is 14.4 Å². The summed E-state index contributed by atoms with van der Waals surface area (Å²) in [6, 6.07) is 0. The van der Waals surface area contributed by atoms with Crippen molar-refractivity contribution in [3.63, 3.8) is 0 Å². The summed E-state index contributed by atoms with van der Waals surface area (Å²) in [4.78, 5) is 33.9. The van der Waals surface area contributed by atoms with Gasteiger partial charge in [-0.25, -0.2) is 0 Å². The van der Waals surface area contributed by atoms with Crippen LogP contribution < -0.4 is 5.32 Å². The fourth-order valence-electron chi connectivity index (χ4n) is 1.86. The summed E-state index contributed by atoms with van der Waals surface area (Å²) in [6.07, 6.45) is 9.23. The van der Waals surface area contributed by atoms with E-state index < -0.39 is 16.1 Å². The fourth-order valence-corrected chi connectivity index (χ4v) is 2.32. The van der Waals surface area contributed by atoms with Gasteiger partial charge in [0.15, 0.2) is 0 Å². The summed E-state index contributed by atoms with van der Waals surface area (Å²) < 4.78 is 0. The summed E-state index contributed by atoms with van der Waals surface area (Å²) in [5.74, 6) is 15.9. The number of unbranched alkanes of at least 4 members (excludes halogenated alkanes) is 6. The molecule has 0 atom stereocenters. The summed E-state index contributed by atoms with van der Waals surface area (Å²) in [7, 11) is 0. The Kier molecular flexibility index (Phi) is 16.2. The quantitative estimate of drug-likeness (QED) is 0.422. The van der Waals surface area contributed by atoms with Crippen LogP contribution in [0.1, 0.15) is 71.6 Å². The van der Waals surface area contributed by atoms with Gasteiger partial charge < -0.3 is 5.32 Å². The molecule has 0 rings (SSSR count). The Morgan fingerprint density at radius 1 is 0.808 bits per heavy atom. The summed E-state index contributed by atoms with van der Waals surface area (Å²) in [6.45, 7) is 4.24. The van der Waals surface area contributed by atoms with E-state index >= 15 is 0 Å². The number of thioether (sulfide) groups is 1. The lowest BCUT2D eigenvalue weighted by molar-refractivity contribution is -0.133. The van der Waals surface area contributed by atoms with Crippen molar-refractivity contribution in [2.75, 3.05) is 6.54 Å². The Hall–Kier alpha value is -2.16. The van der Waals surface area contributed by atoms with Crippen LogP contribution in [0, 0.1) is 35.5 Å². The van der Waals surface area contributed by atoms with Crippen LogP contribution in [0.25, 0.3) is 0 Å². The van der Waals surface area contributed by atoms with Gasteiger partial charge in [0.05, 0.1) is 12.8 Å². The summed E-state index contributed by atoms with van der Waals surface area (Å²) in [5, 5.41) is 0.825. The van der Waals surface area contributed by atoms with Gasteiger partial charge in [-0.2, -0.15) is 0 Å². The van der Waals surface area contributed by atoms with Crippen molar-refractivity contribution in [3.05, 3.63) is 0 Å². The van der Waals surface area contributed by atoms with Gasteiger partial charge in [-0.3, -0.25) is 14.4 Å². The number of hydrogen-bond donors (Lipinski definition) is 1. The van der Waals surface area contributed by atoms with Crippen LogP contribution in [0.5, 0.6) is 0 Å². The smallest absolute Gasteiger partial charge is 0.299 e. The normalized spacial score (nSPS) is 8.85. The molecule has 0 aliphatic carbocycles. The maximum absolute atomic E-state index is 11.4. The summed E-state index contributed by atoms with van der Waals surface area (Å²) in [5.41, 5.74) is 0. The number of amides is 1. The minimum Gasteiger partial charge on any atom is -0.349 e.